The van der Waals surface area contributed by atoms with Crippen molar-refractivity contribution in [2.45, 2.75) is 26.2 Å². The second-order valence-electron chi connectivity index (χ2n) is 8.10. The molecule has 4 heteroatoms. The molecule has 2 aromatic carbocycles. The number of rotatable bonds is 2. The summed E-state index contributed by atoms with van der Waals surface area (Å²) < 4.78 is 5.98. The van der Waals surface area contributed by atoms with E-state index in [1.165, 1.54) is 0 Å². The van der Waals surface area contributed by atoms with Crippen LogP contribution in [-0.2, 0) is 0 Å². The molecule has 0 amide bonds. The van der Waals surface area contributed by atoms with Crippen molar-refractivity contribution in [3.8, 4) is 11.5 Å². The van der Waals surface area contributed by atoms with Gasteiger partial charge in [0, 0.05) is 17.4 Å². The maximum atomic E-state index is 13.4. The van der Waals surface area contributed by atoms with Gasteiger partial charge in [-0.1, -0.05) is 42.8 Å². The van der Waals surface area contributed by atoms with Crippen LogP contribution in [0.3, 0.4) is 0 Å². The van der Waals surface area contributed by atoms with E-state index in [1.54, 1.807) is 30.3 Å². The lowest BCUT2D eigenvalue weighted by Gasteiger charge is -2.39. The molecular weight excluding hydrogens is 348 g/mol. The molecule has 2 bridgehead atoms. The Hall–Kier alpha value is -2.13. The normalized spacial score (nSPS) is 31.7. The van der Waals surface area contributed by atoms with E-state index in [2.05, 4.69) is 6.92 Å². The Balaban J connectivity index is 1.63. The lowest BCUT2D eigenvalue weighted by molar-refractivity contribution is 0.0570. The molecule has 3 aliphatic carbocycles. The van der Waals surface area contributed by atoms with E-state index in [1.807, 2.05) is 12.1 Å². The Morgan fingerprint density at radius 1 is 1.04 bits per heavy atom. The molecule has 0 saturated heterocycles. The summed E-state index contributed by atoms with van der Waals surface area (Å²) in [5.41, 5.74) is 0.920. The molecule has 26 heavy (non-hydrogen) atoms. The van der Waals surface area contributed by atoms with Gasteiger partial charge in [0.25, 0.3) is 0 Å². The lowest BCUT2D eigenvalue weighted by Crippen LogP contribution is -2.43. The summed E-state index contributed by atoms with van der Waals surface area (Å²) in [6, 6.07) is 12.5. The van der Waals surface area contributed by atoms with Crippen molar-refractivity contribution in [3.63, 3.8) is 0 Å². The van der Waals surface area contributed by atoms with Crippen molar-refractivity contribution < 1.29 is 14.3 Å². The molecule has 0 aromatic heterocycles. The number of hydrogen-bond donors (Lipinski definition) is 0. The zero-order chi connectivity index (χ0) is 18.1. The number of halogens is 1. The molecule has 0 spiro atoms. The number of para-hydroxylation sites is 1. The molecule has 2 fully saturated rings. The minimum absolute atomic E-state index is 0.0284. The minimum Gasteiger partial charge on any atom is -0.455 e. The Labute approximate surface area is 157 Å². The van der Waals surface area contributed by atoms with E-state index in [0.29, 0.717) is 33.6 Å². The molecule has 5 rings (SSSR count). The van der Waals surface area contributed by atoms with Crippen molar-refractivity contribution in [3.05, 3.63) is 58.6 Å². The van der Waals surface area contributed by atoms with Gasteiger partial charge in [-0.3, -0.25) is 9.59 Å². The van der Waals surface area contributed by atoms with Gasteiger partial charge in [-0.15, -0.1) is 0 Å². The first-order valence-electron chi connectivity index (χ1n) is 9.13. The highest BCUT2D eigenvalue weighted by atomic mass is 35.5. The smallest absolute Gasteiger partial charge is 0.171 e. The van der Waals surface area contributed by atoms with E-state index >= 15 is 0 Å². The molecule has 4 atom stereocenters. The monoisotopic (exact) mass is 366 g/mol. The van der Waals surface area contributed by atoms with Crippen LogP contribution in [-0.4, -0.2) is 11.6 Å². The molecule has 0 aliphatic heterocycles. The highest BCUT2D eigenvalue weighted by Gasteiger charge is 2.62. The van der Waals surface area contributed by atoms with Gasteiger partial charge in [-0.2, -0.15) is 0 Å². The average molecular weight is 367 g/mol. The standard InChI is InChI=1S/C22H19ClO3/c1-22-10-9-12(11-22)17-19(22)20(24)13-5-4-8-16(18(13)21(17)25)26-15-7-3-2-6-14(15)23/h2-8,12,17,19H,9-11H2,1H3. The second-order valence-corrected chi connectivity index (χ2v) is 8.51. The number of Topliss-reactive ketones (excluding diaryl/α,β-unsaturated/α-hetero) is 2. The number of carbonyl (C=O) groups is 2. The van der Waals surface area contributed by atoms with Crippen LogP contribution >= 0.6 is 11.6 Å². The molecule has 3 nitrogen and oxygen atoms in total. The maximum Gasteiger partial charge on any atom is 0.171 e. The average Bonchev–Trinajstić information content (AvgIpc) is 3.15. The molecule has 0 heterocycles. The molecular formula is C22H19ClO3. The van der Waals surface area contributed by atoms with E-state index in [0.717, 1.165) is 19.3 Å². The predicted octanol–water partition coefficient (Wildman–Crippen LogP) is 5.56. The highest BCUT2D eigenvalue weighted by molar-refractivity contribution is 6.32. The fourth-order valence-corrected chi connectivity index (χ4v) is 5.69. The number of carbonyl (C=O) groups excluding carboxylic acids is 2. The number of benzene rings is 2. The number of fused-ring (bicyclic) bond motifs is 6. The van der Waals surface area contributed by atoms with Gasteiger partial charge in [0.1, 0.15) is 11.5 Å². The summed E-state index contributed by atoms with van der Waals surface area (Å²) in [6.45, 7) is 2.18. The van der Waals surface area contributed by atoms with Crippen molar-refractivity contribution in [2.24, 2.45) is 23.2 Å². The van der Waals surface area contributed by atoms with Gasteiger partial charge in [0.2, 0.25) is 0 Å². The summed E-state index contributed by atoms with van der Waals surface area (Å²) in [7, 11) is 0. The Morgan fingerprint density at radius 3 is 2.62 bits per heavy atom. The van der Waals surface area contributed by atoms with Crippen LogP contribution in [0.4, 0.5) is 0 Å². The van der Waals surface area contributed by atoms with E-state index in [4.69, 9.17) is 16.3 Å². The topological polar surface area (TPSA) is 43.4 Å². The van der Waals surface area contributed by atoms with Crippen molar-refractivity contribution in [2.75, 3.05) is 0 Å². The summed E-state index contributed by atoms with van der Waals surface area (Å²) in [6.07, 6.45) is 3.07. The van der Waals surface area contributed by atoms with Crippen LogP contribution in [0.5, 0.6) is 11.5 Å². The van der Waals surface area contributed by atoms with E-state index in [-0.39, 0.29) is 28.8 Å². The first kappa shape index (κ1) is 16.1. The van der Waals surface area contributed by atoms with Crippen molar-refractivity contribution in [1.29, 1.82) is 0 Å². The van der Waals surface area contributed by atoms with Gasteiger partial charge in [0.05, 0.1) is 10.6 Å². The molecule has 2 aromatic rings. The number of ketones is 2. The van der Waals surface area contributed by atoms with Gasteiger partial charge in [0.15, 0.2) is 11.6 Å². The Kier molecular flexibility index (Phi) is 3.36. The second kappa shape index (κ2) is 5.43. The third-order valence-electron chi connectivity index (χ3n) is 6.61. The quantitative estimate of drug-likeness (QED) is 0.698. The summed E-state index contributed by atoms with van der Waals surface area (Å²) in [5.74, 6) is 1.06. The minimum atomic E-state index is -0.190. The molecule has 0 N–H and O–H groups in total. The number of ether oxygens (including phenoxy) is 1. The molecule has 2 saturated carbocycles. The van der Waals surface area contributed by atoms with Gasteiger partial charge < -0.3 is 4.74 Å². The predicted molar refractivity (Wildman–Crippen MR) is 99.1 cm³/mol. The first-order chi connectivity index (χ1) is 12.5. The fraction of sp³-hybridized carbons (Fsp3) is 0.364. The SMILES string of the molecule is CC12CCC(C1)C1C(=O)c3c(Oc4ccccc4Cl)cccc3C(=O)C12. The summed E-state index contributed by atoms with van der Waals surface area (Å²) >= 11 is 6.20. The zero-order valence-corrected chi connectivity index (χ0v) is 15.3. The van der Waals surface area contributed by atoms with Gasteiger partial charge >= 0.3 is 0 Å². The van der Waals surface area contributed by atoms with Crippen LogP contribution in [0, 0.1) is 23.2 Å². The van der Waals surface area contributed by atoms with Crippen LogP contribution < -0.4 is 4.74 Å². The summed E-state index contributed by atoms with van der Waals surface area (Å²) in [4.78, 5) is 26.7. The third kappa shape index (κ3) is 2.07. The fourth-order valence-electron chi connectivity index (χ4n) is 5.51. The van der Waals surface area contributed by atoms with E-state index in [9.17, 15) is 9.59 Å². The largest absolute Gasteiger partial charge is 0.455 e. The third-order valence-corrected chi connectivity index (χ3v) is 6.92. The van der Waals surface area contributed by atoms with Crippen molar-refractivity contribution >= 4 is 23.2 Å². The van der Waals surface area contributed by atoms with Crippen LogP contribution in [0.1, 0.15) is 46.9 Å². The Bertz CT molecular complexity index is 950. The number of hydrogen-bond acceptors (Lipinski definition) is 3. The zero-order valence-electron chi connectivity index (χ0n) is 14.5. The molecule has 132 valence electrons. The lowest BCUT2D eigenvalue weighted by atomic mass is 9.62. The molecule has 4 unspecified atom stereocenters. The van der Waals surface area contributed by atoms with Crippen molar-refractivity contribution in [1.82, 2.24) is 0 Å². The van der Waals surface area contributed by atoms with Gasteiger partial charge in [-0.05, 0) is 48.8 Å². The maximum absolute atomic E-state index is 13.4. The van der Waals surface area contributed by atoms with Crippen LogP contribution in [0.2, 0.25) is 5.02 Å². The first-order valence-corrected chi connectivity index (χ1v) is 9.51. The van der Waals surface area contributed by atoms with Crippen LogP contribution in [0.15, 0.2) is 42.5 Å². The van der Waals surface area contributed by atoms with Gasteiger partial charge in [-0.25, -0.2) is 0 Å². The highest BCUT2D eigenvalue weighted by Crippen LogP contribution is 2.63. The summed E-state index contributed by atoms with van der Waals surface area (Å²) in [5, 5.41) is 0.477. The molecule has 0 radical (unpaired) electrons. The Morgan fingerprint density at radius 2 is 1.81 bits per heavy atom. The van der Waals surface area contributed by atoms with Crippen LogP contribution in [0.25, 0.3) is 0 Å². The van der Waals surface area contributed by atoms with E-state index < -0.39 is 0 Å². The molecule has 3 aliphatic rings.